The molecule has 1 saturated heterocycles. The zero-order chi connectivity index (χ0) is 17.4. The Morgan fingerprint density at radius 3 is 2.75 bits per heavy atom. The third-order valence-corrected chi connectivity index (χ3v) is 4.22. The number of hydrogen-bond donors (Lipinski definition) is 3. The van der Waals surface area contributed by atoms with Gasteiger partial charge in [0.15, 0.2) is 5.96 Å². The molecule has 0 saturated carbocycles. The summed E-state index contributed by atoms with van der Waals surface area (Å²) in [5.41, 5.74) is 1.92. The van der Waals surface area contributed by atoms with Gasteiger partial charge in [-0.15, -0.1) is 0 Å². The minimum absolute atomic E-state index is 0.0202. The lowest BCUT2D eigenvalue weighted by Gasteiger charge is -2.18. The van der Waals surface area contributed by atoms with E-state index in [0.29, 0.717) is 13.0 Å². The van der Waals surface area contributed by atoms with Crippen LogP contribution < -0.4 is 10.6 Å². The van der Waals surface area contributed by atoms with Crippen LogP contribution in [0.4, 0.5) is 0 Å². The first kappa shape index (κ1) is 18.3. The van der Waals surface area contributed by atoms with Crippen molar-refractivity contribution >= 4 is 11.9 Å². The van der Waals surface area contributed by atoms with E-state index in [4.69, 9.17) is 0 Å². The molecule has 1 aromatic carbocycles. The highest BCUT2D eigenvalue weighted by molar-refractivity contribution is 5.80. The summed E-state index contributed by atoms with van der Waals surface area (Å²) >= 11 is 0. The molecule has 1 heterocycles. The van der Waals surface area contributed by atoms with E-state index in [1.54, 1.807) is 0 Å². The molecule has 0 aliphatic carbocycles. The highest BCUT2D eigenvalue weighted by Crippen LogP contribution is 2.12. The fourth-order valence-electron chi connectivity index (χ4n) is 2.87. The summed E-state index contributed by atoms with van der Waals surface area (Å²) in [6.07, 6.45) is 1.49. The van der Waals surface area contributed by atoms with Crippen molar-refractivity contribution in [3.63, 3.8) is 0 Å². The first-order valence-electron chi connectivity index (χ1n) is 8.68. The van der Waals surface area contributed by atoms with Crippen LogP contribution in [0.1, 0.15) is 37.8 Å². The Labute approximate surface area is 144 Å². The van der Waals surface area contributed by atoms with Crippen LogP contribution in [0, 0.1) is 0 Å². The van der Waals surface area contributed by atoms with E-state index in [2.05, 4.69) is 15.6 Å². The van der Waals surface area contributed by atoms with Gasteiger partial charge in [-0.05, 0) is 24.5 Å². The van der Waals surface area contributed by atoms with Gasteiger partial charge in [0.2, 0.25) is 5.91 Å². The Balaban J connectivity index is 1.97. The van der Waals surface area contributed by atoms with Gasteiger partial charge in [0.25, 0.3) is 0 Å². The van der Waals surface area contributed by atoms with Crippen molar-refractivity contribution in [1.29, 1.82) is 0 Å². The average molecular weight is 332 g/mol. The van der Waals surface area contributed by atoms with Gasteiger partial charge in [0, 0.05) is 32.1 Å². The molecule has 24 heavy (non-hydrogen) atoms. The van der Waals surface area contributed by atoms with E-state index in [1.807, 2.05) is 43.0 Å². The Hall–Kier alpha value is -2.08. The molecular formula is C18H28N4O2. The van der Waals surface area contributed by atoms with Crippen LogP contribution in [0.3, 0.4) is 0 Å². The van der Waals surface area contributed by atoms with Crippen molar-refractivity contribution in [3.05, 3.63) is 35.4 Å². The van der Waals surface area contributed by atoms with E-state index < -0.39 is 0 Å². The Bertz CT molecular complexity index is 574. The number of nitrogens with one attached hydrogen (secondary N) is 2. The summed E-state index contributed by atoms with van der Waals surface area (Å²) in [7, 11) is 0. The van der Waals surface area contributed by atoms with Gasteiger partial charge < -0.3 is 20.6 Å². The molecule has 1 atom stereocenters. The fraction of sp³-hybridized carbons (Fsp3) is 0.556. The standard InChI is InChI=1S/C18H28N4O2/c1-3-17(24)22-10-9-16(12-22)21-18(19-4-2)20-11-14-7-5-6-8-15(14)13-23/h5-8,16,23H,3-4,9-13H2,1-2H3,(H2,19,20,21). The van der Waals surface area contributed by atoms with Gasteiger partial charge in [0.05, 0.1) is 13.2 Å². The largest absolute Gasteiger partial charge is 0.392 e. The summed E-state index contributed by atoms with van der Waals surface area (Å²) in [5.74, 6) is 0.958. The minimum Gasteiger partial charge on any atom is -0.392 e. The lowest BCUT2D eigenvalue weighted by atomic mass is 10.1. The summed E-state index contributed by atoms with van der Waals surface area (Å²) in [6.45, 7) is 6.76. The second-order valence-corrected chi connectivity index (χ2v) is 5.95. The van der Waals surface area contributed by atoms with Gasteiger partial charge in [-0.25, -0.2) is 4.99 Å². The van der Waals surface area contributed by atoms with Crippen LogP contribution in [0.2, 0.25) is 0 Å². The number of amides is 1. The van der Waals surface area contributed by atoms with Crippen molar-refractivity contribution in [2.24, 2.45) is 4.99 Å². The fourth-order valence-corrected chi connectivity index (χ4v) is 2.87. The number of aliphatic imine (C=N–C) groups is 1. The number of aliphatic hydroxyl groups excluding tert-OH is 1. The molecule has 132 valence electrons. The van der Waals surface area contributed by atoms with E-state index in [0.717, 1.165) is 43.1 Å². The molecule has 0 bridgehead atoms. The summed E-state index contributed by atoms with van der Waals surface area (Å²) in [6, 6.07) is 7.99. The predicted octanol–water partition coefficient (Wildman–Crippen LogP) is 1.24. The van der Waals surface area contributed by atoms with Crippen LogP contribution >= 0.6 is 0 Å². The number of hydrogen-bond acceptors (Lipinski definition) is 3. The number of aliphatic hydroxyl groups is 1. The van der Waals surface area contributed by atoms with Gasteiger partial charge in [-0.2, -0.15) is 0 Å². The monoisotopic (exact) mass is 332 g/mol. The van der Waals surface area contributed by atoms with Crippen LogP contribution in [0.15, 0.2) is 29.3 Å². The van der Waals surface area contributed by atoms with Gasteiger partial charge in [0.1, 0.15) is 0 Å². The van der Waals surface area contributed by atoms with E-state index >= 15 is 0 Å². The second-order valence-electron chi connectivity index (χ2n) is 5.95. The first-order valence-corrected chi connectivity index (χ1v) is 8.68. The molecule has 1 fully saturated rings. The van der Waals surface area contributed by atoms with Crippen molar-refractivity contribution in [1.82, 2.24) is 15.5 Å². The average Bonchev–Trinajstić information content (AvgIpc) is 3.08. The maximum Gasteiger partial charge on any atom is 0.222 e. The summed E-state index contributed by atoms with van der Waals surface area (Å²) in [4.78, 5) is 18.3. The Morgan fingerprint density at radius 1 is 1.33 bits per heavy atom. The smallest absolute Gasteiger partial charge is 0.222 e. The Kier molecular flexibility index (Phi) is 7.06. The lowest BCUT2D eigenvalue weighted by molar-refractivity contribution is -0.129. The van der Waals surface area contributed by atoms with Crippen LogP contribution in [-0.2, 0) is 17.9 Å². The minimum atomic E-state index is 0.0202. The predicted molar refractivity (Wildman–Crippen MR) is 95.6 cm³/mol. The summed E-state index contributed by atoms with van der Waals surface area (Å²) in [5, 5.41) is 16.1. The Morgan fingerprint density at radius 2 is 2.08 bits per heavy atom. The van der Waals surface area contributed by atoms with Crippen molar-refractivity contribution in [2.45, 2.75) is 45.9 Å². The second kappa shape index (κ2) is 9.27. The van der Waals surface area contributed by atoms with Gasteiger partial charge in [-0.3, -0.25) is 4.79 Å². The van der Waals surface area contributed by atoms with Crippen molar-refractivity contribution in [3.8, 4) is 0 Å². The summed E-state index contributed by atoms with van der Waals surface area (Å²) < 4.78 is 0. The van der Waals surface area contributed by atoms with Crippen molar-refractivity contribution < 1.29 is 9.90 Å². The molecule has 2 rings (SSSR count). The van der Waals surface area contributed by atoms with E-state index in [-0.39, 0.29) is 18.6 Å². The molecule has 0 spiro atoms. The number of benzene rings is 1. The quantitative estimate of drug-likeness (QED) is 0.541. The molecule has 1 amide bonds. The molecule has 1 aliphatic heterocycles. The zero-order valence-corrected chi connectivity index (χ0v) is 14.6. The number of likely N-dealkylation sites (tertiary alicyclic amines) is 1. The molecule has 0 aromatic heterocycles. The molecule has 1 unspecified atom stereocenters. The molecule has 1 aromatic rings. The lowest BCUT2D eigenvalue weighted by Crippen LogP contribution is -2.45. The maximum absolute atomic E-state index is 11.8. The SMILES string of the molecule is CCNC(=NCc1ccccc1CO)NC1CCN(C(=O)CC)C1. The number of guanidine groups is 1. The zero-order valence-electron chi connectivity index (χ0n) is 14.6. The van der Waals surface area contributed by atoms with Gasteiger partial charge in [-0.1, -0.05) is 31.2 Å². The molecule has 6 nitrogen and oxygen atoms in total. The number of nitrogens with zero attached hydrogens (tertiary/aromatic N) is 2. The normalized spacial score (nSPS) is 17.9. The van der Waals surface area contributed by atoms with E-state index in [9.17, 15) is 9.90 Å². The molecule has 6 heteroatoms. The molecule has 0 radical (unpaired) electrons. The topological polar surface area (TPSA) is 77.0 Å². The third kappa shape index (κ3) is 4.96. The molecular weight excluding hydrogens is 304 g/mol. The number of rotatable bonds is 6. The van der Waals surface area contributed by atoms with Crippen molar-refractivity contribution in [2.75, 3.05) is 19.6 Å². The maximum atomic E-state index is 11.8. The molecule has 3 N–H and O–H groups in total. The van der Waals surface area contributed by atoms with Crippen LogP contribution in [-0.4, -0.2) is 47.5 Å². The van der Waals surface area contributed by atoms with Gasteiger partial charge >= 0.3 is 0 Å². The first-order chi connectivity index (χ1) is 11.7. The molecule has 1 aliphatic rings. The number of carbonyl (C=O) groups excluding carboxylic acids is 1. The van der Waals surface area contributed by atoms with Crippen LogP contribution in [0.5, 0.6) is 0 Å². The highest BCUT2D eigenvalue weighted by Gasteiger charge is 2.25. The van der Waals surface area contributed by atoms with E-state index in [1.165, 1.54) is 0 Å². The third-order valence-electron chi connectivity index (χ3n) is 4.22. The van der Waals surface area contributed by atoms with Crippen LogP contribution in [0.25, 0.3) is 0 Å². The highest BCUT2D eigenvalue weighted by atomic mass is 16.3. The number of carbonyl (C=O) groups is 1.